The van der Waals surface area contributed by atoms with Gasteiger partial charge in [-0.1, -0.05) is 0 Å². The SMILES string of the molecule is CNC(C)(C)CC1CCC(OC)CC1. The molecule has 0 aromatic carbocycles. The average Bonchev–Trinajstić information content (AvgIpc) is 2.19. The van der Waals surface area contributed by atoms with Gasteiger partial charge in [0.15, 0.2) is 0 Å². The van der Waals surface area contributed by atoms with Gasteiger partial charge in [-0.25, -0.2) is 0 Å². The van der Waals surface area contributed by atoms with Crippen LogP contribution in [0.5, 0.6) is 0 Å². The summed E-state index contributed by atoms with van der Waals surface area (Å²) in [6.07, 6.45) is 7.00. The number of nitrogens with one attached hydrogen (secondary N) is 1. The van der Waals surface area contributed by atoms with Gasteiger partial charge in [-0.2, -0.15) is 0 Å². The summed E-state index contributed by atoms with van der Waals surface area (Å²) in [5.41, 5.74) is 0.296. The van der Waals surface area contributed by atoms with Crippen molar-refractivity contribution in [3.8, 4) is 0 Å². The summed E-state index contributed by atoms with van der Waals surface area (Å²) >= 11 is 0. The molecule has 1 aliphatic rings. The van der Waals surface area contributed by atoms with E-state index in [4.69, 9.17) is 4.74 Å². The second kappa shape index (κ2) is 5.13. The maximum Gasteiger partial charge on any atom is 0.0571 e. The normalized spacial score (nSPS) is 29.1. The van der Waals surface area contributed by atoms with Crippen LogP contribution in [0.3, 0.4) is 0 Å². The topological polar surface area (TPSA) is 21.3 Å². The van der Waals surface area contributed by atoms with E-state index in [-0.39, 0.29) is 0 Å². The molecule has 0 aromatic rings. The van der Waals surface area contributed by atoms with Crippen LogP contribution in [0.25, 0.3) is 0 Å². The first-order chi connectivity index (χ1) is 6.57. The molecule has 0 spiro atoms. The Morgan fingerprint density at radius 1 is 1.21 bits per heavy atom. The number of methoxy groups -OCH3 is 1. The zero-order valence-electron chi connectivity index (χ0n) is 10.1. The van der Waals surface area contributed by atoms with Crippen LogP contribution in [0.2, 0.25) is 0 Å². The van der Waals surface area contributed by atoms with Crippen molar-refractivity contribution in [2.24, 2.45) is 5.92 Å². The van der Waals surface area contributed by atoms with Crippen LogP contribution in [-0.2, 0) is 4.74 Å². The molecule has 0 unspecified atom stereocenters. The molecule has 1 fully saturated rings. The van der Waals surface area contributed by atoms with Gasteiger partial charge in [0, 0.05) is 12.6 Å². The summed E-state index contributed by atoms with van der Waals surface area (Å²) in [6.45, 7) is 4.57. The predicted molar refractivity (Wildman–Crippen MR) is 60.5 cm³/mol. The predicted octanol–water partition coefficient (Wildman–Crippen LogP) is 2.58. The zero-order chi connectivity index (χ0) is 10.6. The quantitative estimate of drug-likeness (QED) is 0.751. The Morgan fingerprint density at radius 3 is 2.21 bits per heavy atom. The van der Waals surface area contributed by atoms with Crippen molar-refractivity contribution in [3.63, 3.8) is 0 Å². The minimum absolute atomic E-state index is 0.296. The van der Waals surface area contributed by atoms with E-state index in [1.54, 1.807) is 0 Å². The van der Waals surface area contributed by atoms with Crippen molar-refractivity contribution in [1.82, 2.24) is 5.32 Å². The third-order valence-electron chi connectivity index (χ3n) is 3.60. The lowest BCUT2D eigenvalue weighted by Crippen LogP contribution is -2.39. The fourth-order valence-corrected chi connectivity index (χ4v) is 2.40. The molecule has 0 amide bonds. The minimum atomic E-state index is 0.296. The number of hydrogen-bond acceptors (Lipinski definition) is 2. The Balaban J connectivity index is 2.28. The van der Waals surface area contributed by atoms with Crippen LogP contribution in [0.1, 0.15) is 46.0 Å². The minimum Gasteiger partial charge on any atom is -0.381 e. The summed E-state index contributed by atoms with van der Waals surface area (Å²) in [7, 11) is 3.89. The molecule has 2 nitrogen and oxygen atoms in total. The van der Waals surface area contributed by atoms with Gasteiger partial charge in [-0.15, -0.1) is 0 Å². The van der Waals surface area contributed by atoms with Crippen molar-refractivity contribution in [2.75, 3.05) is 14.2 Å². The molecule has 1 N–H and O–H groups in total. The van der Waals surface area contributed by atoms with Gasteiger partial charge in [0.1, 0.15) is 0 Å². The molecule has 14 heavy (non-hydrogen) atoms. The maximum atomic E-state index is 5.38. The van der Waals surface area contributed by atoms with E-state index < -0.39 is 0 Å². The van der Waals surface area contributed by atoms with E-state index in [2.05, 4.69) is 26.2 Å². The smallest absolute Gasteiger partial charge is 0.0571 e. The molecular weight excluding hydrogens is 174 g/mol. The molecule has 2 heteroatoms. The van der Waals surface area contributed by atoms with E-state index in [1.807, 2.05) is 7.11 Å². The Kier molecular flexibility index (Phi) is 4.39. The largest absolute Gasteiger partial charge is 0.381 e. The Labute approximate surface area is 88.4 Å². The van der Waals surface area contributed by atoms with Gasteiger partial charge in [0.25, 0.3) is 0 Å². The Morgan fingerprint density at radius 2 is 1.79 bits per heavy atom. The van der Waals surface area contributed by atoms with Crippen molar-refractivity contribution in [1.29, 1.82) is 0 Å². The summed E-state index contributed by atoms with van der Waals surface area (Å²) in [4.78, 5) is 0. The standard InChI is InChI=1S/C12H25NO/c1-12(2,13-3)9-10-5-7-11(14-4)8-6-10/h10-11,13H,5-9H2,1-4H3. The van der Waals surface area contributed by atoms with E-state index in [9.17, 15) is 0 Å². The second-order valence-corrected chi connectivity index (χ2v) is 5.22. The third-order valence-corrected chi connectivity index (χ3v) is 3.60. The van der Waals surface area contributed by atoms with Crippen LogP contribution < -0.4 is 5.32 Å². The highest BCUT2D eigenvalue weighted by atomic mass is 16.5. The lowest BCUT2D eigenvalue weighted by atomic mass is 9.80. The molecule has 0 radical (unpaired) electrons. The van der Waals surface area contributed by atoms with E-state index in [1.165, 1.54) is 32.1 Å². The number of ether oxygens (including phenoxy) is 1. The highest BCUT2D eigenvalue weighted by Crippen LogP contribution is 2.31. The van der Waals surface area contributed by atoms with Gasteiger partial charge in [0.05, 0.1) is 6.10 Å². The van der Waals surface area contributed by atoms with Crippen LogP contribution in [0, 0.1) is 5.92 Å². The number of hydrogen-bond donors (Lipinski definition) is 1. The van der Waals surface area contributed by atoms with E-state index in [0.29, 0.717) is 11.6 Å². The highest BCUT2D eigenvalue weighted by Gasteiger charge is 2.26. The third kappa shape index (κ3) is 3.58. The molecule has 1 saturated carbocycles. The van der Waals surface area contributed by atoms with E-state index in [0.717, 1.165) is 5.92 Å². The zero-order valence-corrected chi connectivity index (χ0v) is 10.1. The first-order valence-corrected chi connectivity index (χ1v) is 5.79. The van der Waals surface area contributed by atoms with Crippen molar-refractivity contribution >= 4 is 0 Å². The molecule has 0 atom stereocenters. The molecule has 1 rings (SSSR count). The first kappa shape index (κ1) is 12.0. The Hall–Kier alpha value is -0.0800. The summed E-state index contributed by atoms with van der Waals surface area (Å²) < 4.78 is 5.38. The fourth-order valence-electron chi connectivity index (χ4n) is 2.40. The molecule has 0 aromatic heterocycles. The average molecular weight is 199 g/mol. The van der Waals surface area contributed by atoms with Crippen molar-refractivity contribution in [2.45, 2.75) is 57.6 Å². The van der Waals surface area contributed by atoms with E-state index >= 15 is 0 Å². The van der Waals surface area contributed by atoms with Gasteiger partial charge in [-0.05, 0) is 58.9 Å². The van der Waals surface area contributed by atoms with Crippen LogP contribution in [0.4, 0.5) is 0 Å². The summed E-state index contributed by atoms with van der Waals surface area (Å²) in [5.74, 6) is 0.892. The molecule has 84 valence electrons. The highest BCUT2D eigenvalue weighted by molar-refractivity contribution is 4.82. The summed E-state index contributed by atoms with van der Waals surface area (Å²) in [6, 6.07) is 0. The fraction of sp³-hybridized carbons (Fsp3) is 1.00. The molecule has 0 saturated heterocycles. The Bertz CT molecular complexity index is 160. The van der Waals surface area contributed by atoms with Gasteiger partial charge in [-0.3, -0.25) is 0 Å². The first-order valence-electron chi connectivity index (χ1n) is 5.79. The molecule has 0 heterocycles. The lowest BCUT2D eigenvalue weighted by Gasteiger charge is -2.33. The molecular formula is C12H25NO. The van der Waals surface area contributed by atoms with Crippen LogP contribution >= 0.6 is 0 Å². The van der Waals surface area contributed by atoms with Gasteiger partial charge < -0.3 is 10.1 Å². The lowest BCUT2D eigenvalue weighted by molar-refractivity contribution is 0.0516. The van der Waals surface area contributed by atoms with Crippen molar-refractivity contribution in [3.05, 3.63) is 0 Å². The van der Waals surface area contributed by atoms with Crippen molar-refractivity contribution < 1.29 is 4.74 Å². The molecule has 0 bridgehead atoms. The monoisotopic (exact) mass is 199 g/mol. The van der Waals surface area contributed by atoms with Crippen LogP contribution in [0.15, 0.2) is 0 Å². The van der Waals surface area contributed by atoms with Crippen LogP contribution in [-0.4, -0.2) is 25.8 Å². The summed E-state index contributed by atoms with van der Waals surface area (Å²) in [5, 5.41) is 3.38. The van der Waals surface area contributed by atoms with Gasteiger partial charge >= 0.3 is 0 Å². The van der Waals surface area contributed by atoms with Gasteiger partial charge in [0.2, 0.25) is 0 Å². The molecule has 0 aliphatic heterocycles. The second-order valence-electron chi connectivity index (χ2n) is 5.22. The maximum absolute atomic E-state index is 5.38. The molecule has 1 aliphatic carbocycles. The number of rotatable bonds is 4.